The third kappa shape index (κ3) is 3.93. The highest BCUT2D eigenvalue weighted by atomic mass is 16.3. The fraction of sp³-hybridized carbons (Fsp3) is 0.143. The van der Waals surface area contributed by atoms with Crippen LogP contribution in [0.15, 0.2) is 127 Å². The van der Waals surface area contributed by atoms with Crippen molar-refractivity contribution in [1.82, 2.24) is 0 Å². The molecule has 0 unspecified atom stereocenters. The lowest BCUT2D eigenvalue weighted by Crippen LogP contribution is -2.28. The van der Waals surface area contributed by atoms with Crippen LogP contribution in [0.25, 0.3) is 0 Å². The van der Waals surface area contributed by atoms with Crippen molar-refractivity contribution in [2.24, 2.45) is 0 Å². The van der Waals surface area contributed by atoms with Crippen LogP contribution in [0.4, 0.5) is 0 Å². The van der Waals surface area contributed by atoms with Crippen molar-refractivity contribution in [3.63, 3.8) is 0 Å². The van der Waals surface area contributed by atoms with Gasteiger partial charge in [0.05, 0.1) is 12.0 Å². The Bertz CT molecular complexity index is 935. The monoisotopic (exact) mass is 393 g/mol. The Morgan fingerprint density at radius 3 is 1.47 bits per heavy atom. The fourth-order valence-electron chi connectivity index (χ4n) is 4.12. The van der Waals surface area contributed by atoms with Crippen molar-refractivity contribution in [3.8, 4) is 0 Å². The van der Waals surface area contributed by atoms with E-state index in [0.29, 0.717) is 0 Å². The highest BCUT2D eigenvalue weighted by Crippen LogP contribution is 2.42. The SMILES string of the molecule is [O]CCC1(O)C=CC(=CC(c2ccccc2)(c2ccccc2)c2ccccc2)C=C1. The number of rotatable bonds is 6. The van der Waals surface area contributed by atoms with E-state index >= 15 is 0 Å². The minimum atomic E-state index is -1.16. The number of hydrogen-bond donors (Lipinski definition) is 1. The van der Waals surface area contributed by atoms with Gasteiger partial charge in [-0.25, -0.2) is 5.11 Å². The molecule has 1 aliphatic carbocycles. The van der Waals surface area contributed by atoms with E-state index in [0.717, 1.165) is 22.3 Å². The van der Waals surface area contributed by atoms with Gasteiger partial charge in [-0.05, 0) is 34.4 Å². The minimum Gasteiger partial charge on any atom is -0.382 e. The molecule has 0 aliphatic heterocycles. The molecule has 0 saturated heterocycles. The van der Waals surface area contributed by atoms with E-state index in [9.17, 15) is 10.2 Å². The zero-order valence-electron chi connectivity index (χ0n) is 16.8. The van der Waals surface area contributed by atoms with Gasteiger partial charge in [0, 0.05) is 6.42 Å². The first-order valence-electron chi connectivity index (χ1n) is 10.2. The summed E-state index contributed by atoms with van der Waals surface area (Å²) in [7, 11) is 0. The topological polar surface area (TPSA) is 40.1 Å². The van der Waals surface area contributed by atoms with E-state index in [4.69, 9.17) is 0 Å². The van der Waals surface area contributed by atoms with E-state index in [1.54, 1.807) is 12.2 Å². The third-order valence-electron chi connectivity index (χ3n) is 5.70. The van der Waals surface area contributed by atoms with Gasteiger partial charge < -0.3 is 5.11 Å². The molecule has 3 aromatic carbocycles. The van der Waals surface area contributed by atoms with Gasteiger partial charge in [0.1, 0.15) is 5.60 Å². The summed E-state index contributed by atoms with van der Waals surface area (Å²) in [5.74, 6) is 0. The summed E-state index contributed by atoms with van der Waals surface area (Å²) in [5, 5.41) is 21.6. The van der Waals surface area contributed by atoms with Gasteiger partial charge >= 0.3 is 0 Å². The van der Waals surface area contributed by atoms with Crippen LogP contribution in [0.3, 0.4) is 0 Å². The maximum Gasteiger partial charge on any atom is 0.104 e. The van der Waals surface area contributed by atoms with Gasteiger partial charge in [0.2, 0.25) is 0 Å². The lowest BCUT2D eigenvalue weighted by atomic mass is 9.68. The third-order valence-corrected chi connectivity index (χ3v) is 5.70. The van der Waals surface area contributed by atoms with Crippen LogP contribution in [0.2, 0.25) is 0 Å². The second-order valence-corrected chi connectivity index (χ2v) is 7.66. The van der Waals surface area contributed by atoms with Crippen LogP contribution < -0.4 is 0 Å². The normalized spacial score (nSPS) is 18.4. The summed E-state index contributed by atoms with van der Waals surface area (Å²) in [6, 6.07) is 31.4. The molecule has 3 aromatic rings. The van der Waals surface area contributed by atoms with E-state index < -0.39 is 11.0 Å². The Morgan fingerprint density at radius 2 is 1.10 bits per heavy atom. The van der Waals surface area contributed by atoms with Crippen LogP contribution in [0, 0.1) is 0 Å². The van der Waals surface area contributed by atoms with Crippen LogP contribution in [-0.2, 0) is 10.5 Å². The molecule has 0 spiro atoms. The second-order valence-electron chi connectivity index (χ2n) is 7.66. The van der Waals surface area contributed by atoms with E-state index in [1.807, 2.05) is 30.4 Å². The molecule has 30 heavy (non-hydrogen) atoms. The molecule has 0 saturated carbocycles. The van der Waals surface area contributed by atoms with Crippen molar-refractivity contribution in [2.75, 3.05) is 6.61 Å². The average Bonchev–Trinajstić information content (AvgIpc) is 2.81. The molecule has 0 heterocycles. The highest BCUT2D eigenvalue weighted by molar-refractivity contribution is 5.58. The van der Waals surface area contributed by atoms with Crippen LogP contribution >= 0.6 is 0 Å². The molecule has 2 nitrogen and oxygen atoms in total. The first-order chi connectivity index (χ1) is 14.7. The quantitative estimate of drug-likeness (QED) is 0.542. The molecule has 1 aliphatic rings. The molecule has 2 heteroatoms. The van der Waals surface area contributed by atoms with Gasteiger partial charge in [0.15, 0.2) is 0 Å². The molecular formula is C28H25O2. The van der Waals surface area contributed by atoms with Crippen molar-refractivity contribution in [1.29, 1.82) is 0 Å². The molecule has 149 valence electrons. The van der Waals surface area contributed by atoms with Crippen LogP contribution in [-0.4, -0.2) is 17.3 Å². The Balaban J connectivity index is 1.94. The Morgan fingerprint density at radius 1 is 0.700 bits per heavy atom. The first kappa shape index (κ1) is 20.1. The predicted octanol–water partition coefficient (Wildman–Crippen LogP) is 5.63. The largest absolute Gasteiger partial charge is 0.382 e. The summed E-state index contributed by atoms with van der Waals surface area (Å²) in [6.45, 7) is -0.313. The smallest absolute Gasteiger partial charge is 0.104 e. The molecule has 4 rings (SSSR count). The molecule has 0 atom stereocenters. The molecule has 0 aromatic heterocycles. The van der Waals surface area contributed by atoms with Crippen molar-refractivity contribution < 1.29 is 10.2 Å². The zero-order chi connectivity index (χ0) is 20.9. The molecule has 0 amide bonds. The molecule has 1 N–H and O–H groups in total. The summed E-state index contributed by atoms with van der Waals surface area (Å²) < 4.78 is 0. The highest BCUT2D eigenvalue weighted by Gasteiger charge is 2.34. The fourth-order valence-corrected chi connectivity index (χ4v) is 4.12. The predicted molar refractivity (Wildman–Crippen MR) is 121 cm³/mol. The number of benzene rings is 3. The Labute approximate surface area is 178 Å². The van der Waals surface area contributed by atoms with Gasteiger partial charge in [0.25, 0.3) is 0 Å². The zero-order valence-corrected chi connectivity index (χ0v) is 16.8. The number of allylic oxidation sites excluding steroid dienone is 4. The molecule has 1 radical (unpaired) electrons. The van der Waals surface area contributed by atoms with Crippen molar-refractivity contribution in [3.05, 3.63) is 144 Å². The van der Waals surface area contributed by atoms with E-state index in [1.165, 1.54) is 0 Å². The summed E-state index contributed by atoms with van der Waals surface area (Å²) in [4.78, 5) is 0. The average molecular weight is 394 g/mol. The Kier molecular flexibility index (Phi) is 5.80. The lowest BCUT2D eigenvalue weighted by Gasteiger charge is -2.34. The maximum absolute atomic E-state index is 11.0. The van der Waals surface area contributed by atoms with Gasteiger partial charge in [-0.3, -0.25) is 0 Å². The summed E-state index contributed by atoms with van der Waals surface area (Å²) in [6.07, 6.45) is 9.70. The van der Waals surface area contributed by atoms with E-state index in [2.05, 4.69) is 78.9 Å². The Hall–Kier alpha value is -3.20. The van der Waals surface area contributed by atoms with Crippen molar-refractivity contribution >= 4 is 0 Å². The van der Waals surface area contributed by atoms with Gasteiger partial charge in [-0.15, -0.1) is 0 Å². The van der Waals surface area contributed by atoms with Crippen LogP contribution in [0.5, 0.6) is 0 Å². The molecule has 0 bridgehead atoms. The van der Waals surface area contributed by atoms with E-state index in [-0.39, 0.29) is 13.0 Å². The van der Waals surface area contributed by atoms with Crippen molar-refractivity contribution in [2.45, 2.75) is 17.4 Å². The van der Waals surface area contributed by atoms with Gasteiger partial charge in [-0.1, -0.05) is 109 Å². The lowest BCUT2D eigenvalue weighted by molar-refractivity contribution is 0.0814. The minimum absolute atomic E-state index is 0.175. The summed E-state index contributed by atoms with van der Waals surface area (Å²) in [5.41, 5.74) is 2.82. The number of hydrogen-bond acceptors (Lipinski definition) is 1. The maximum atomic E-state index is 11.0. The van der Waals surface area contributed by atoms with Crippen LogP contribution in [0.1, 0.15) is 23.1 Å². The van der Waals surface area contributed by atoms with Gasteiger partial charge in [-0.2, -0.15) is 0 Å². The molecule has 0 fully saturated rings. The molecular weight excluding hydrogens is 368 g/mol. The number of aliphatic hydroxyl groups is 1. The summed E-state index contributed by atoms with van der Waals surface area (Å²) >= 11 is 0. The second kappa shape index (κ2) is 8.66. The standard InChI is InChI=1S/C28H25O2/c29-21-20-27(30)18-16-23(17-19-27)22-28(24-10-4-1-5-11-24,25-12-6-2-7-13-25)26-14-8-3-9-15-26/h1-19,22,30H,20-21H2. The first-order valence-corrected chi connectivity index (χ1v) is 10.2.